The third-order valence-corrected chi connectivity index (χ3v) is 2.00. The number of hydrogen-bond donors (Lipinski definition) is 0. The largest absolute Gasteiger partial charge is 0.462 e. The van der Waals surface area contributed by atoms with Crippen LogP contribution in [-0.4, -0.2) is 12.6 Å². The van der Waals surface area contributed by atoms with Gasteiger partial charge in [0.05, 0.1) is 6.61 Å². The molecule has 0 atom stereocenters. The summed E-state index contributed by atoms with van der Waals surface area (Å²) in [4.78, 5) is 11.1. The van der Waals surface area contributed by atoms with Crippen LogP contribution in [-0.2, 0) is 9.53 Å². The summed E-state index contributed by atoms with van der Waals surface area (Å²) in [5, 5.41) is 0. The first-order valence-corrected chi connectivity index (χ1v) is 5.64. The zero-order valence-electron chi connectivity index (χ0n) is 9.92. The maximum absolute atomic E-state index is 11.1. The van der Waals surface area contributed by atoms with Crippen LogP contribution in [0.2, 0.25) is 0 Å². The number of ether oxygens (including phenoxy) is 1. The zero-order valence-corrected chi connectivity index (χ0v) is 9.92. The molecule has 0 heterocycles. The molecule has 0 radical (unpaired) electrons. The van der Waals surface area contributed by atoms with Gasteiger partial charge in [-0.05, 0) is 19.8 Å². The number of allylic oxidation sites excluding steroid dienone is 1. The molecule has 0 aromatic rings. The van der Waals surface area contributed by atoms with Crippen LogP contribution in [0.15, 0.2) is 24.3 Å². The lowest BCUT2D eigenvalue weighted by molar-refractivity contribution is -0.137. The van der Waals surface area contributed by atoms with Crippen molar-refractivity contribution in [1.82, 2.24) is 0 Å². The normalized spacial score (nSPS) is 10.5. The molecule has 0 rings (SSSR count). The Hall–Kier alpha value is -1.05. The predicted octanol–water partition coefficient (Wildman–Crippen LogP) is 3.63. The quantitative estimate of drug-likeness (QED) is 0.265. The Bertz CT molecular complexity index is 217. The van der Waals surface area contributed by atoms with Crippen molar-refractivity contribution < 1.29 is 9.53 Å². The summed E-state index contributed by atoms with van der Waals surface area (Å²) in [6, 6.07) is 0. The minimum Gasteiger partial charge on any atom is -0.462 e. The van der Waals surface area contributed by atoms with Crippen molar-refractivity contribution in [2.24, 2.45) is 0 Å². The van der Waals surface area contributed by atoms with Gasteiger partial charge < -0.3 is 4.74 Å². The van der Waals surface area contributed by atoms with E-state index in [0.29, 0.717) is 6.61 Å². The Morgan fingerprint density at radius 3 is 2.73 bits per heavy atom. The molecule has 0 aliphatic rings. The minimum atomic E-state index is -0.243. The van der Waals surface area contributed by atoms with E-state index in [4.69, 9.17) is 4.74 Å². The lowest BCUT2D eigenvalue weighted by atomic mass is 10.2. The molecular weight excluding hydrogens is 188 g/mol. The fraction of sp³-hybridized carbons (Fsp3) is 0.615. The SMILES string of the molecule is C=C(C)CCOC(=O)/C=C\CCCCC. The van der Waals surface area contributed by atoms with Gasteiger partial charge in [0.2, 0.25) is 0 Å². The first-order chi connectivity index (χ1) is 7.16. The highest BCUT2D eigenvalue weighted by atomic mass is 16.5. The topological polar surface area (TPSA) is 26.3 Å². The summed E-state index contributed by atoms with van der Waals surface area (Å²) >= 11 is 0. The summed E-state index contributed by atoms with van der Waals surface area (Å²) in [5.41, 5.74) is 1.04. The number of unbranched alkanes of at least 4 members (excludes halogenated alkanes) is 3. The second kappa shape index (κ2) is 9.50. The molecule has 86 valence electrons. The van der Waals surface area contributed by atoms with Crippen LogP contribution in [0.5, 0.6) is 0 Å². The van der Waals surface area contributed by atoms with E-state index in [1.165, 1.54) is 18.9 Å². The third-order valence-electron chi connectivity index (χ3n) is 2.00. The van der Waals surface area contributed by atoms with E-state index in [2.05, 4.69) is 13.5 Å². The molecule has 0 aliphatic carbocycles. The van der Waals surface area contributed by atoms with Crippen LogP contribution in [0.25, 0.3) is 0 Å². The second-order valence-corrected chi connectivity index (χ2v) is 3.77. The van der Waals surface area contributed by atoms with Gasteiger partial charge in [0.1, 0.15) is 0 Å². The van der Waals surface area contributed by atoms with Crippen molar-refractivity contribution in [2.45, 2.75) is 46.0 Å². The Kier molecular flexibility index (Phi) is 8.84. The highest BCUT2D eigenvalue weighted by Gasteiger charge is 1.95. The van der Waals surface area contributed by atoms with Gasteiger partial charge in [-0.15, -0.1) is 6.58 Å². The molecule has 2 heteroatoms. The fourth-order valence-electron chi connectivity index (χ4n) is 1.07. The highest BCUT2D eigenvalue weighted by Crippen LogP contribution is 2.00. The molecule has 0 unspecified atom stereocenters. The van der Waals surface area contributed by atoms with E-state index in [-0.39, 0.29) is 5.97 Å². The smallest absolute Gasteiger partial charge is 0.330 e. The van der Waals surface area contributed by atoms with E-state index in [1.807, 2.05) is 13.0 Å². The van der Waals surface area contributed by atoms with E-state index in [1.54, 1.807) is 0 Å². The first kappa shape index (κ1) is 13.9. The van der Waals surface area contributed by atoms with E-state index >= 15 is 0 Å². The number of rotatable bonds is 8. The molecule has 2 nitrogen and oxygen atoms in total. The molecule has 0 bridgehead atoms. The molecular formula is C13H22O2. The molecule has 0 spiro atoms. The van der Waals surface area contributed by atoms with Crippen molar-refractivity contribution in [3.63, 3.8) is 0 Å². The average molecular weight is 210 g/mol. The van der Waals surface area contributed by atoms with Crippen molar-refractivity contribution in [3.05, 3.63) is 24.3 Å². The van der Waals surface area contributed by atoms with Crippen LogP contribution >= 0.6 is 0 Å². The molecule has 0 amide bonds. The van der Waals surface area contributed by atoms with Crippen LogP contribution in [0.4, 0.5) is 0 Å². The number of hydrogen-bond acceptors (Lipinski definition) is 2. The van der Waals surface area contributed by atoms with Crippen LogP contribution in [0.3, 0.4) is 0 Å². The van der Waals surface area contributed by atoms with E-state index < -0.39 is 0 Å². The zero-order chi connectivity index (χ0) is 11.5. The van der Waals surface area contributed by atoms with Crippen LogP contribution < -0.4 is 0 Å². The molecule has 0 saturated heterocycles. The van der Waals surface area contributed by atoms with Gasteiger partial charge in [-0.25, -0.2) is 4.79 Å². The van der Waals surface area contributed by atoms with Gasteiger partial charge in [0.25, 0.3) is 0 Å². The Labute approximate surface area is 93.0 Å². The monoisotopic (exact) mass is 210 g/mol. The summed E-state index contributed by atoms with van der Waals surface area (Å²) in [6.07, 6.45) is 8.68. The summed E-state index contributed by atoms with van der Waals surface area (Å²) in [6.45, 7) is 8.26. The van der Waals surface area contributed by atoms with Crippen molar-refractivity contribution >= 4 is 5.97 Å². The maximum Gasteiger partial charge on any atom is 0.330 e. The van der Waals surface area contributed by atoms with Crippen LogP contribution in [0.1, 0.15) is 46.0 Å². The highest BCUT2D eigenvalue weighted by molar-refractivity contribution is 5.81. The maximum atomic E-state index is 11.1. The molecule has 0 aliphatic heterocycles. The predicted molar refractivity (Wildman–Crippen MR) is 63.7 cm³/mol. The third kappa shape index (κ3) is 10.9. The van der Waals surface area contributed by atoms with Gasteiger partial charge in [-0.1, -0.05) is 31.4 Å². The van der Waals surface area contributed by atoms with Gasteiger partial charge >= 0.3 is 5.97 Å². The van der Waals surface area contributed by atoms with Crippen molar-refractivity contribution in [2.75, 3.05) is 6.61 Å². The van der Waals surface area contributed by atoms with E-state index in [0.717, 1.165) is 24.8 Å². The van der Waals surface area contributed by atoms with Crippen molar-refractivity contribution in [3.8, 4) is 0 Å². The lowest BCUT2D eigenvalue weighted by Crippen LogP contribution is -2.02. The number of carbonyl (C=O) groups excluding carboxylic acids is 1. The number of carbonyl (C=O) groups is 1. The Balaban J connectivity index is 3.43. The van der Waals surface area contributed by atoms with Gasteiger partial charge in [-0.3, -0.25) is 0 Å². The number of esters is 1. The molecule has 15 heavy (non-hydrogen) atoms. The molecule has 0 aromatic heterocycles. The second-order valence-electron chi connectivity index (χ2n) is 3.77. The van der Waals surface area contributed by atoms with E-state index in [9.17, 15) is 4.79 Å². The first-order valence-electron chi connectivity index (χ1n) is 5.64. The Morgan fingerprint density at radius 2 is 2.13 bits per heavy atom. The average Bonchev–Trinajstić information content (AvgIpc) is 2.17. The molecule has 0 N–H and O–H groups in total. The minimum absolute atomic E-state index is 0.243. The van der Waals surface area contributed by atoms with Gasteiger partial charge in [0.15, 0.2) is 0 Å². The fourth-order valence-corrected chi connectivity index (χ4v) is 1.07. The molecule has 0 saturated carbocycles. The standard InChI is InChI=1S/C13H22O2/c1-4-5-6-7-8-9-13(14)15-11-10-12(2)3/h8-9H,2,4-7,10-11H2,1,3H3/b9-8-. The summed E-state index contributed by atoms with van der Waals surface area (Å²) < 4.78 is 4.97. The van der Waals surface area contributed by atoms with Crippen LogP contribution in [0, 0.1) is 0 Å². The van der Waals surface area contributed by atoms with Crippen molar-refractivity contribution in [1.29, 1.82) is 0 Å². The van der Waals surface area contributed by atoms with Gasteiger partial charge in [0, 0.05) is 12.5 Å². The molecule has 0 aromatic carbocycles. The molecule has 0 fully saturated rings. The summed E-state index contributed by atoms with van der Waals surface area (Å²) in [7, 11) is 0. The van der Waals surface area contributed by atoms with Gasteiger partial charge in [-0.2, -0.15) is 0 Å². The lowest BCUT2D eigenvalue weighted by Gasteiger charge is -2.00. The Morgan fingerprint density at radius 1 is 1.40 bits per heavy atom. The summed E-state index contributed by atoms with van der Waals surface area (Å²) in [5.74, 6) is -0.243.